The highest BCUT2D eigenvalue weighted by molar-refractivity contribution is 6.62. The fraction of sp³-hybridized carbons (Fsp3) is 0.643. The number of ether oxygens (including phenoxy) is 1. The second kappa shape index (κ2) is 5.72. The van der Waals surface area contributed by atoms with E-state index in [1.807, 2.05) is 46.9 Å². The maximum Gasteiger partial charge on any atom is 0.495 e. The SMILES string of the molecule is CNCCOc1cc(B2OC(C)(C)C(C)(C)O2)ccn1. The first-order chi connectivity index (χ1) is 9.36. The first-order valence-electron chi connectivity index (χ1n) is 6.95. The summed E-state index contributed by atoms with van der Waals surface area (Å²) in [7, 11) is 1.51. The topological polar surface area (TPSA) is 52.6 Å². The number of nitrogens with zero attached hydrogens (tertiary/aromatic N) is 1. The van der Waals surface area contributed by atoms with Crippen LogP contribution in [-0.4, -0.2) is 43.5 Å². The monoisotopic (exact) mass is 278 g/mol. The van der Waals surface area contributed by atoms with Gasteiger partial charge in [0.25, 0.3) is 0 Å². The molecule has 110 valence electrons. The molecule has 0 bridgehead atoms. The van der Waals surface area contributed by atoms with Gasteiger partial charge in [-0.05, 0) is 46.3 Å². The highest BCUT2D eigenvalue weighted by Crippen LogP contribution is 2.36. The van der Waals surface area contributed by atoms with E-state index in [0.717, 1.165) is 12.0 Å². The summed E-state index contributed by atoms with van der Waals surface area (Å²) in [4.78, 5) is 4.19. The Bertz CT molecular complexity index is 449. The van der Waals surface area contributed by atoms with Crippen molar-refractivity contribution in [2.24, 2.45) is 0 Å². The van der Waals surface area contributed by atoms with Crippen molar-refractivity contribution in [2.45, 2.75) is 38.9 Å². The third kappa shape index (κ3) is 3.14. The van der Waals surface area contributed by atoms with Crippen molar-refractivity contribution in [1.82, 2.24) is 10.3 Å². The molecule has 0 spiro atoms. The summed E-state index contributed by atoms with van der Waals surface area (Å²) < 4.78 is 17.6. The Hall–Kier alpha value is -1.11. The van der Waals surface area contributed by atoms with Crippen LogP contribution in [0.15, 0.2) is 18.3 Å². The molecule has 20 heavy (non-hydrogen) atoms. The first-order valence-corrected chi connectivity index (χ1v) is 6.95. The molecule has 0 aliphatic carbocycles. The Balaban J connectivity index is 2.09. The van der Waals surface area contributed by atoms with E-state index < -0.39 is 0 Å². The first kappa shape index (κ1) is 15.3. The number of pyridine rings is 1. The molecule has 0 aromatic carbocycles. The minimum Gasteiger partial charge on any atom is -0.476 e. The van der Waals surface area contributed by atoms with Gasteiger partial charge in [-0.15, -0.1) is 0 Å². The molecular formula is C14H23BN2O3. The lowest BCUT2D eigenvalue weighted by atomic mass is 9.80. The van der Waals surface area contributed by atoms with E-state index in [2.05, 4.69) is 10.3 Å². The van der Waals surface area contributed by atoms with Gasteiger partial charge in [-0.2, -0.15) is 0 Å². The molecule has 5 nitrogen and oxygen atoms in total. The van der Waals surface area contributed by atoms with Crippen molar-refractivity contribution in [3.05, 3.63) is 18.3 Å². The fourth-order valence-electron chi connectivity index (χ4n) is 1.89. The average Bonchev–Trinajstić information content (AvgIpc) is 2.59. The van der Waals surface area contributed by atoms with E-state index >= 15 is 0 Å². The minimum atomic E-state index is -0.380. The average molecular weight is 278 g/mol. The molecule has 0 saturated carbocycles. The molecule has 1 N–H and O–H groups in total. The van der Waals surface area contributed by atoms with Crippen molar-refractivity contribution in [2.75, 3.05) is 20.2 Å². The molecule has 1 aromatic rings. The standard InChI is InChI=1S/C14H23BN2O3/c1-13(2)14(3,4)20-15(19-13)11-6-7-17-12(10-11)18-9-8-16-5/h6-7,10,16H,8-9H2,1-5H3. The van der Waals surface area contributed by atoms with Crippen LogP contribution in [0.2, 0.25) is 0 Å². The smallest absolute Gasteiger partial charge is 0.476 e. The van der Waals surface area contributed by atoms with E-state index in [9.17, 15) is 0 Å². The lowest BCUT2D eigenvalue weighted by Crippen LogP contribution is -2.41. The number of hydrogen-bond acceptors (Lipinski definition) is 5. The lowest BCUT2D eigenvalue weighted by molar-refractivity contribution is 0.00578. The zero-order valence-corrected chi connectivity index (χ0v) is 12.9. The van der Waals surface area contributed by atoms with Crippen molar-refractivity contribution < 1.29 is 14.0 Å². The molecule has 1 saturated heterocycles. The van der Waals surface area contributed by atoms with Gasteiger partial charge in [-0.25, -0.2) is 4.98 Å². The lowest BCUT2D eigenvalue weighted by Gasteiger charge is -2.32. The van der Waals surface area contributed by atoms with E-state index in [4.69, 9.17) is 14.0 Å². The maximum atomic E-state index is 6.01. The molecule has 0 atom stereocenters. The highest BCUT2D eigenvalue weighted by atomic mass is 16.7. The summed E-state index contributed by atoms with van der Waals surface area (Å²) in [5.74, 6) is 0.590. The van der Waals surface area contributed by atoms with E-state index in [1.54, 1.807) is 6.20 Å². The number of rotatable bonds is 5. The molecule has 1 aromatic heterocycles. The summed E-state index contributed by atoms with van der Waals surface area (Å²) in [6, 6.07) is 3.77. The number of hydrogen-bond donors (Lipinski definition) is 1. The van der Waals surface area contributed by atoms with Crippen LogP contribution in [0, 0.1) is 0 Å². The van der Waals surface area contributed by atoms with Gasteiger partial charge in [0.1, 0.15) is 6.61 Å². The Morgan fingerprint density at radius 1 is 1.25 bits per heavy atom. The Kier molecular flexibility index (Phi) is 4.37. The van der Waals surface area contributed by atoms with Gasteiger partial charge >= 0.3 is 7.12 Å². The van der Waals surface area contributed by atoms with Crippen LogP contribution >= 0.6 is 0 Å². The van der Waals surface area contributed by atoms with Crippen molar-refractivity contribution in [3.8, 4) is 5.88 Å². The molecule has 6 heteroatoms. The number of nitrogens with one attached hydrogen (secondary N) is 1. The van der Waals surface area contributed by atoms with Crippen LogP contribution in [0.4, 0.5) is 0 Å². The Labute approximate surface area is 121 Å². The normalized spacial score (nSPS) is 20.1. The highest BCUT2D eigenvalue weighted by Gasteiger charge is 2.51. The predicted octanol–water partition coefficient (Wildman–Crippen LogP) is 0.979. The molecule has 0 amide bonds. The largest absolute Gasteiger partial charge is 0.495 e. The van der Waals surface area contributed by atoms with Gasteiger partial charge in [-0.1, -0.05) is 0 Å². The Morgan fingerprint density at radius 2 is 1.90 bits per heavy atom. The number of aromatic nitrogens is 1. The van der Waals surface area contributed by atoms with Crippen molar-refractivity contribution >= 4 is 12.6 Å². The molecule has 1 fully saturated rings. The third-order valence-electron chi connectivity index (χ3n) is 3.89. The van der Waals surface area contributed by atoms with Gasteiger partial charge in [0.15, 0.2) is 0 Å². The molecule has 2 rings (SSSR count). The van der Waals surface area contributed by atoms with Crippen molar-refractivity contribution in [1.29, 1.82) is 0 Å². The van der Waals surface area contributed by atoms with Gasteiger partial charge in [0.2, 0.25) is 5.88 Å². The second-order valence-electron chi connectivity index (χ2n) is 5.97. The van der Waals surface area contributed by atoms with Crippen LogP contribution in [-0.2, 0) is 9.31 Å². The predicted molar refractivity (Wildman–Crippen MR) is 79.4 cm³/mol. The van der Waals surface area contributed by atoms with Crippen LogP contribution in [0.5, 0.6) is 5.88 Å². The van der Waals surface area contributed by atoms with Crippen LogP contribution in [0.3, 0.4) is 0 Å². The minimum absolute atomic E-state index is 0.339. The third-order valence-corrected chi connectivity index (χ3v) is 3.89. The fourth-order valence-corrected chi connectivity index (χ4v) is 1.89. The Morgan fingerprint density at radius 3 is 2.50 bits per heavy atom. The summed E-state index contributed by atoms with van der Waals surface area (Å²) in [5.41, 5.74) is 0.250. The van der Waals surface area contributed by atoms with Gasteiger partial charge in [-0.3, -0.25) is 0 Å². The van der Waals surface area contributed by atoms with E-state index in [0.29, 0.717) is 12.5 Å². The molecule has 2 heterocycles. The van der Waals surface area contributed by atoms with Crippen LogP contribution in [0.1, 0.15) is 27.7 Å². The molecular weight excluding hydrogens is 255 g/mol. The van der Waals surface area contributed by atoms with Gasteiger partial charge in [0.05, 0.1) is 11.2 Å². The van der Waals surface area contributed by atoms with E-state index in [1.165, 1.54) is 0 Å². The van der Waals surface area contributed by atoms with Crippen LogP contribution < -0.4 is 15.5 Å². The summed E-state index contributed by atoms with van der Waals surface area (Å²) in [6.07, 6.45) is 1.72. The number of likely N-dealkylation sites (N-methyl/N-ethyl adjacent to an activating group) is 1. The summed E-state index contributed by atoms with van der Waals surface area (Å²) in [5, 5.41) is 3.03. The molecule has 0 unspecified atom stereocenters. The van der Waals surface area contributed by atoms with Gasteiger partial charge < -0.3 is 19.4 Å². The van der Waals surface area contributed by atoms with Crippen LogP contribution in [0.25, 0.3) is 0 Å². The zero-order valence-electron chi connectivity index (χ0n) is 12.9. The molecule has 1 aliphatic heterocycles. The maximum absolute atomic E-state index is 6.01. The quantitative estimate of drug-likeness (QED) is 0.642. The molecule has 0 radical (unpaired) electrons. The summed E-state index contributed by atoms with van der Waals surface area (Å²) in [6.45, 7) is 9.52. The van der Waals surface area contributed by atoms with E-state index in [-0.39, 0.29) is 18.3 Å². The molecule has 1 aliphatic rings. The van der Waals surface area contributed by atoms with Crippen molar-refractivity contribution in [3.63, 3.8) is 0 Å². The summed E-state index contributed by atoms with van der Waals surface area (Å²) >= 11 is 0. The zero-order chi connectivity index (χ0) is 14.8. The van der Waals surface area contributed by atoms with Gasteiger partial charge in [0, 0.05) is 18.8 Å². The second-order valence-corrected chi connectivity index (χ2v) is 5.97.